The summed E-state index contributed by atoms with van der Waals surface area (Å²) in [6, 6.07) is 13.2. The molecule has 0 saturated carbocycles. The molecule has 1 heterocycles. The Morgan fingerprint density at radius 2 is 1.77 bits per heavy atom. The average molecular weight is 391 g/mol. The highest BCUT2D eigenvalue weighted by molar-refractivity contribution is 7.89. The summed E-state index contributed by atoms with van der Waals surface area (Å²) in [5.41, 5.74) is 2.56. The van der Waals surface area contributed by atoms with Gasteiger partial charge in [0.15, 0.2) is 0 Å². The lowest BCUT2D eigenvalue weighted by atomic mass is 10.1. The molecule has 0 fully saturated rings. The summed E-state index contributed by atoms with van der Waals surface area (Å²) < 4.78 is 40.6. The van der Waals surface area contributed by atoms with E-state index in [9.17, 15) is 12.8 Å². The van der Waals surface area contributed by atoms with Crippen LogP contribution in [0, 0.1) is 19.7 Å². The van der Waals surface area contributed by atoms with Gasteiger partial charge in [0.25, 0.3) is 0 Å². The number of halogens is 1. The van der Waals surface area contributed by atoms with Crippen LogP contribution in [0.4, 0.5) is 4.39 Å². The van der Waals surface area contributed by atoms with E-state index < -0.39 is 10.0 Å². The van der Waals surface area contributed by atoms with Crippen LogP contribution in [0.5, 0.6) is 0 Å². The van der Waals surface area contributed by atoms with Crippen LogP contribution in [0.2, 0.25) is 0 Å². The Bertz CT molecular complexity index is 1010. The van der Waals surface area contributed by atoms with Crippen molar-refractivity contribution in [1.82, 2.24) is 9.71 Å². The lowest BCUT2D eigenvalue weighted by Gasteiger charge is -2.07. The second-order valence-electron chi connectivity index (χ2n) is 6.01. The molecule has 0 saturated heterocycles. The van der Waals surface area contributed by atoms with Crippen LogP contribution in [0.3, 0.4) is 0 Å². The summed E-state index contributed by atoms with van der Waals surface area (Å²) in [4.78, 5) is 5.78. The van der Waals surface area contributed by atoms with Crippen molar-refractivity contribution in [2.24, 2.45) is 0 Å². The highest BCUT2D eigenvalue weighted by Gasteiger charge is 2.17. The Balaban J connectivity index is 1.71. The largest absolute Gasteiger partial charge is 0.245 e. The zero-order valence-electron chi connectivity index (χ0n) is 14.5. The first-order valence-electron chi connectivity index (χ1n) is 8.10. The van der Waals surface area contributed by atoms with Gasteiger partial charge in [-0.1, -0.05) is 30.3 Å². The highest BCUT2D eigenvalue weighted by atomic mass is 32.2. The molecule has 7 heteroatoms. The number of thiazole rings is 1. The minimum absolute atomic E-state index is 0.144. The third-order valence-corrected chi connectivity index (χ3v) is 6.73. The number of benzene rings is 2. The van der Waals surface area contributed by atoms with Gasteiger partial charge >= 0.3 is 0 Å². The molecule has 2 aromatic carbocycles. The van der Waals surface area contributed by atoms with E-state index in [0.717, 1.165) is 16.1 Å². The third-order valence-electron chi connectivity index (χ3n) is 4.01. The van der Waals surface area contributed by atoms with E-state index in [0.29, 0.717) is 17.0 Å². The monoisotopic (exact) mass is 390 g/mol. The summed E-state index contributed by atoms with van der Waals surface area (Å²) in [6.45, 7) is 3.81. The summed E-state index contributed by atoms with van der Waals surface area (Å²) in [5, 5.41) is 0.705. The molecule has 1 N–H and O–H groups in total. The van der Waals surface area contributed by atoms with Crippen LogP contribution in [-0.2, 0) is 23.0 Å². The Morgan fingerprint density at radius 3 is 2.46 bits per heavy atom. The number of nitrogens with zero attached hydrogens (tertiary/aromatic N) is 1. The lowest BCUT2D eigenvalue weighted by Crippen LogP contribution is -2.23. The van der Waals surface area contributed by atoms with E-state index >= 15 is 0 Å². The Hall–Kier alpha value is -2.09. The van der Waals surface area contributed by atoms with E-state index in [-0.39, 0.29) is 17.3 Å². The van der Waals surface area contributed by atoms with Crippen molar-refractivity contribution in [3.63, 3.8) is 0 Å². The van der Waals surface area contributed by atoms with E-state index in [1.54, 1.807) is 43.3 Å². The molecule has 26 heavy (non-hydrogen) atoms. The molecular weight excluding hydrogens is 371 g/mol. The number of aryl methyl sites for hydroxylation is 2. The van der Waals surface area contributed by atoms with Crippen molar-refractivity contribution >= 4 is 21.4 Å². The molecule has 0 aliphatic heterocycles. The molecule has 0 spiro atoms. The molecule has 0 atom stereocenters. The maximum absolute atomic E-state index is 13.0. The summed E-state index contributed by atoms with van der Waals surface area (Å²) >= 11 is 1.47. The Labute approximate surface area is 156 Å². The lowest BCUT2D eigenvalue weighted by molar-refractivity contribution is 0.580. The molecule has 0 aliphatic carbocycles. The highest BCUT2D eigenvalue weighted by Crippen LogP contribution is 2.22. The number of hydrogen-bond donors (Lipinski definition) is 1. The van der Waals surface area contributed by atoms with Crippen LogP contribution in [-0.4, -0.2) is 13.4 Å². The van der Waals surface area contributed by atoms with Crippen molar-refractivity contribution < 1.29 is 12.8 Å². The standard InChI is InChI=1S/C19H19FN2O2S2/c1-13-5-3-4-6-18(13)26(23,24)21-12-19-22-14(2)17(25-19)11-15-7-9-16(20)10-8-15/h3-10,21H,11-12H2,1-2H3. The fourth-order valence-corrected chi connectivity index (χ4v) is 4.97. The van der Waals surface area contributed by atoms with Gasteiger partial charge in [0.05, 0.1) is 17.1 Å². The van der Waals surface area contributed by atoms with Gasteiger partial charge in [0, 0.05) is 11.3 Å². The number of sulfonamides is 1. The first-order valence-corrected chi connectivity index (χ1v) is 10.4. The SMILES string of the molecule is Cc1ccccc1S(=O)(=O)NCc1nc(C)c(Cc2ccc(F)cc2)s1. The molecule has 0 radical (unpaired) electrons. The number of hydrogen-bond acceptors (Lipinski definition) is 4. The van der Waals surface area contributed by atoms with Gasteiger partial charge in [0.2, 0.25) is 10.0 Å². The second kappa shape index (κ2) is 7.65. The molecule has 3 aromatic rings. The van der Waals surface area contributed by atoms with Crippen molar-refractivity contribution in [3.8, 4) is 0 Å². The van der Waals surface area contributed by atoms with Gasteiger partial charge in [-0.05, 0) is 43.2 Å². The normalized spacial score (nSPS) is 11.7. The van der Waals surface area contributed by atoms with Crippen LogP contribution >= 0.6 is 11.3 Å². The van der Waals surface area contributed by atoms with Crippen molar-refractivity contribution in [1.29, 1.82) is 0 Å². The fraction of sp³-hybridized carbons (Fsp3) is 0.211. The third kappa shape index (κ3) is 4.35. The zero-order chi connectivity index (χ0) is 18.7. The topological polar surface area (TPSA) is 59.1 Å². The van der Waals surface area contributed by atoms with E-state index in [1.165, 1.54) is 23.5 Å². The molecule has 0 bridgehead atoms. The summed E-state index contributed by atoms with van der Waals surface area (Å²) in [6.07, 6.45) is 0.647. The van der Waals surface area contributed by atoms with Gasteiger partial charge < -0.3 is 0 Å². The number of rotatable bonds is 6. The van der Waals surface area contributed by atoms with Gasteiger partial charge in [-0.15, -0.1) is 11.3 Å². The molecule has 136 valence electrons. The molecule has 3 rings (SSSR count). The van der Waals surface area contributed by atoms with Gasteiger partial charge in [-0.3, -0.25) is 0 Å². The van der Waals surface area contributed by atoms with E-state index in [1.807, 2.05) is 6.92 Å². The van der Waals surface area contributed by atoms with Crippen molar-refractivity contribution in [2.75, 3.05) is 0 Å². The first kappa shape index (κ1) is 18.7. The smallest absolute Gasteiger partial charge is 0.241 e. The van der Waals surface area contributed by atoms with Crippen LogP contribution < -0.4 is 4.72 Å². The van der Waals surface area contributed by atoms with E-state index in [4.69, 9.17) is 0 Å². The van der Waals surface area contributed by atoms with Crippen molar-refractivity contribution in [2.45, 2.75) is 31.7 Å². The summed E-state index contributed by atoms with van der Waals surface area (Å²) in [7, 11) is -3.58. The molecule has 1 aromatic heterocycles. The number of aromatic nitrogens is 1. The quantitative estimate of drug-likeness (QED) is 0.693. The van der Waals surface area contributed by atoms with Gasteiger partial charge in [-0.2, -0.15) is 0 Å². The zero-order valence-corrected chi connectivity index (χ0v) is 16.1. The molecule has 0 unspecified atom stereocenters. The maximum atomic E-state index is 13.0. The van der Waals surface area contributed by atoms with Gasteiger partial charge in [0.1, 0.15) is 10.8 Å². The Morgan fingerprint density at radius 1 is 1.08 bits per heavy atom. The predicted octanol–water partition coefficient (Wildman–Crippen LogP) is 3.97. The van der Waals surface area contributed by atoms with Crippen LogP contribution in [0.1, 0.15) is 26.7 Å². The van der Waals surface area contributed by atoms with Crippen molar-refractivity contribution in [3.05, 3.63) is 81.1 Å². The molecule has 0 amide bonds. The fourth-order valence-electron chi connectivity index (χ4n) is 2.61. The Kier molecular flexibility index (Phi) is 5.50. The average Bonchev–Trinajstić information content (AvgIpc) is 2.95. The second-order valence-corrected chi connectivity index (χ2v) is 8.91. The summed E-state index contributed by atoms with van der Waals surface area (Å²) in [5.74, 6) is -0.263. The molecule has 4 nitrogen and oxygen atoms in total. The minimum atomic E-state index is -3.58. The van der Waals surface area contributed by atoms with Gasteiger partial charge in [-0.25, -0.2) is 22.5 Å². The first-order chi connectivity index (χ1) is 12.3. The minimum Gasteiger partial charge on any atom is -0.245 e. The maximum Gasteiger partial charge on any atom is 0.241 e. The number of nitrogens with one attached hydrogen (secondary N) is 1. The van der Waals surface area contributed by atoms with Crippen LogP contribution in [0.25, 0.3) is 0 Å². The predicted molar refractivity (Wildman–Crippen MR) is 101 cm³/mol. The molecular formula is C19H19FN2O2S2. The van der Waals surface area contributed by atoms with E-state index in [2.05, 4.69) is 9.71 Å². The van der Waals surface area contributed by atoms with Crippen LogP contribution in [0.15, 0.2) is 53.4 Å². The molecule has 0 aliphatic rings.